The Kier molecular flexibility index (Phi) is 5.26. The maximum atomic E-state index is 12.2. The number of ether oxygens (including phenoxy) is 1. The summed E-state index contributed by atoms with van der Waals surface area (Å²) in [5.74, 6) is -0.167. The van der Waals surface area contributed by atoms with Crippen molar-refractivity contribution in [1.82, 2.24) is 9.88 Å². The first-order valence-corrected chi connectivity index (χ1v) is 8.06. The summed E-state index contributed by atoms with van der Waals surface area (Å²) in [4.78, 5) is 30.2. The van der Waals surface area contributed by atoms with E-state index in [1.807, 2.05) is 20.8 Å². The maximum Gasteiger partial charge on any atom is 0.410 e. The summed E-state index contributed by atoms with van der Waals surface area (Å²) >= 11 is 0. The number of hydrogen-bond acceptors (Lipinski definition) is 6. The summed E-state index contributed by atoms with van der Waals surface area (Å²) in [5, 5.41) is 10.7. The first-order valence-electron chi connectivity index (χ1n) is 8.06. The minimum atomic E-state index is -0.516. The van der Waals surface area contributed by atoms with Crippen molar-refractivity contribution in [3.8, 4) is 0 Å². The second kappa shape index (κ2) is 7.02. The van der Waals surface area contributed by atoms with Crippen LogP contribution < -0.4 is 4.90 Å². The van der Waals surface area contributed by atoms with Gasteiger partial charge in [-0.3, -0.25) is 0 Å². The van der Waals surface area contributed by atoms with E-state index in [2.05, 4.69) is 16.8 Å². The molecule has 1 saturated heterocycles. The predicted molar refractivity (Wildman–Crippen MR) is 90.1 cm³/mol. The monoisotopic (exact) mass is 336 g/mol. The molecule has 0 spiro atoms. The molecule has 1 aliphatic rings. The van der Waals surface area contributed by atoms with Gasteiger partial charge in [-0.1, -0.05) is 6.92 Å². The number of pyridine rings is 1. The highest BCUT2D eigenvalue weighted by atomic mass is 16.6. The van der Waals surface area contributed by atoms with Gasteiger partial charge >= 0.3 is 11.9 Å². The predicted octanol–water partition coefficient (Wildman–Crippen LogP) is 2.83. The van der Waals surface area contributed by atoms with Crippen molar-refractivity contribution < 1.29 is 14.5 Å². The third-order valence-corrected chi connectivity index (χ3v) is 3.86. The van der Waals surface area contributed by atoms with Crippen molar-refractivity contribution in [1.29, 1.82) is 0 Å². The van der Waals surface area contributed by atoms with E-state index in [0.29, 0.717) is 19.6 Å². The van der Waals surface area contributed by atoms with E-state index in [-0.39, 0.29) is 18.0 Å². The lowest BCUT2D eigenvalue weighted by Gasteiger charge is -2.42. The number of rotatable bonds is 3. The lowest BCUT2D eigenvalue weighted by atomic mass is 10.1. The SMILES string of the molecule is CC[C@@H]1CN(C(=O)OC(C)(C)C)CCN1c1ccc([N+](=O)[O-])nc1. The molecular weight excluding hydrogens is 312 g/mol. The maximum absolute atomic E-state index is 12.2. The van der Waals surface area contributed by atoms with Gasteiger partial charge in [0.1, 0.15) is 5.60 Å². The Labute approximate surface area is 141 Å². The zero-order chi connectivity index (χ0) is 17.9. The smallest absolute Gasteiger partial charge is 0.410 e. The van der Waals surface area contributed by atoms with Crippen LogP contribution in [0.3, 0.4) is 0 Å². The molecule has 8 heteroatoms. The number of carbonyl (C=O) groups excluding carboxylic acids is 1. The van der Waals surface area contributed by atoms with Gasteiger partial charge in [0.2, 0.25) is 0 Å². The zero-order valence-electron chi connectivity index (χ0n) is 14.6. The Morgan fingerprint density at radius 3 is 2.62 bits per heavy atom. The van der Waals surface area contributed by atoms with Crippen LogP contribution >= 0.6 is 0 Å². The van der Waals surface area contributed by atoms with E-state index in [1.165, 1.54) is 12.3 Å². The van der Waals surface area contributed by atoms with Crippen molar-refractivity contribution >= 4 is 17.6 Å². The van der Waals surface area contributed by atoms with Crippen LogP contribution in [0.25, 0.3) is 0 Å². The van der Waals surface area contributed by atoms with Crippen molar-refractivity contribution in [3.63, 3.8) is 0 Å². The van der Waals surface area contributed by atoms with Crippen molar-refractivity contribution in [2.45, 2.75) is 45.8 Å². The minimum absolute atomic E-state index is 0.120. The van der Waals surface area contributed by atoms with Gasteiger partial charge in [-0.05, 0) is 43.2 Å². The highest BCUT2D eigenvalue weighted by Gasteiger charge is 2.31. The van der Waals surface area contributed by atoms with E-state index < -0.39 is 10.5 Å². The molecule has 1 aromatic rings. The average Bonchev–Trinajstić information content (AvgIpc) is 2.52. The van der Waals surface area contributed by atoms with Gasteiger partial charge in [0, 0.05) is 31.7 Å². The molecule has 1 atom stereocenters. The number of anilines is 1. The van der Waals surface area contributed by atoms with E-state index in [4.69, 9.17) is 4.74 Å². The van der Waals surface area contributed by atoms with E-state index in [0.717, 1.165) is 12.1 Å². The largest absolute Gasteiger partial charge is 0.444 e. The lowest BCUT2D eigenvalue weighted by molar-refractivity contribution is -0.389. The molecule has 2 heterocycles. The van der Waals surface area contributed by atoms with E-state index in [9.17, 15) is 14.9 Å². The molecule has 24 heavy (non-hydrogen) atoms. The Balaban J connectivity index is 2.07. The molecular formula is C16H24N4O4. The van der Waals surface area contributed by atoms with Gasteiger partial charge in [-0.25, -0.2) is 4.79 Å². The molecule has 0 unspecified atom stereocenters. The average molecular weight is 336 g/mol. The summed E-state index contributed by atoms with van der Waals surface area (Å²) in [6, 6.07) is 3.23. The summed E-state index contributed by atoms with van der Waals surface area (Å²) in [7, 11) is 0. The van der Waals surface area contributed by atoms with Crippen molar-refractivity contribution in [2.24, 2.45) is 0 Å². The molecule has 1 aliphatic heterocycles. The van der Waals surface area contributed by atoms with Crippen LogP contribution in [0, 0.1) is 10.1 Å². The molecule has 132 valence electrons. The molecule has 2 rings (SSSR count). The second-order valence-electron chi connectivity index (χ2n) is 6.81. The van der Waals surface area contributed by atoms with E-state index in [1.54, 1.807) is 11.0 Å². The third-order valence-electron chi connectivity index (χ3n) is 3.86. The van der Waals surface area contributed by atoms with Gasteiger partial charge in [-0.15, -0.1) is 0 Å². The van der Waals surface area contributed by atoms with Crippen molar-refractivity contribution in [2.75, 3.05) is 24.5 Å². The fraction of sp³-hybridized carbons (Fsp3) is 0.625. The fourth-order valence-corrected chi connectivity index (χ4v) is 2.69. The molecule has 1 fully saturated rings. The highest BCUT2D eigenvalue weighted by molar-refractivity contribution is 5.69. The number of carbonyl (C=O) groups is 1. The normalized spacial score (nSPS) is 18.4. The van der Waals surface area contributed by atoms with Gasteiger partial charge in [0.15, 0.2) is 6.20 Å². The number of aromatic nitrogens is 1. The van der Waals surface area contributed by atoms with Gasteiger partial charge in [0.05, 0.1) is 5.69 Å². The molecule has 0 aliphatic carbocycles. The Hall–Kier alpha value is -2.38. The molecule has 1 amide bonds. The van der Waals surface area contributed by atoms with Gasteiger partial charge in [0.25, 0.3) is 0 Å². The van der Waals surface area contributed by atoms with Gasteiger partial charge in [-0.2, -0.15) is 0 Å². The highest BCUT2D eigenvalue weighted by Crippen LogP contribution is 2.24. The lowest BCUT2D eigenvalue weighted by Crippen LogP contribution is -2.55. The number of nitrogens with zero attached hydrogens (tertiary/aromatic N) is 4. The molecule has 0 bridgehead atoms. The van der Waals surface area contributed by atoms with Crippen LogP contribution in [-0.2, 0) is 4.74 Å². The third kappa shape index (κ3) is 4.33. The number of piperazine rings is 1. The first-order chi connectivity index (χ1) is 11.2. The number of nitro groups is 1. The van der Waals surface area contributed by atoms with Crippen LogP contribution in [0.15, 0.2) is 18.3 Å². The quantitative estimate of drug-likeness (QED) is 0.623. The van der Waals surface area contributed by atoms with Gasteiger partial charge < -0.3 is 24.7 Å². The van der Waals surface area contributed by atoms with Crippen LogP contribution in [0.5, 0.6) is 0 Å². The molecule has 0 radical (unpaired) electrons. The Morgan fingerprint density at radius 2 is 2.12 bits per heavy atom. The second-order valence-corrected chi connectivity index (χ2v) is 6.81. The van der Waals surface area contributed by atoms with Crippen LogP contribution in [-0.4, -0.2) is 52.2 Å². The standard InChI is InChI=1S/C16H24N4O4/c1-5-12-11-18(15(21)24-16(2,3)4)8-9-19(12)13-6-7-14(17-10-13)20(22)23/h6-7,10,12H,5,8-9,11H2,1-4H3/t12-/m1/s1. The number of hydrogen-bond donors (Lipinski definition) is 0. The Morgan fingerprint density at radius 1 is 1.42 bits per heavy atom. The molecule has 8 nitrogen and oxygen atoms in total. The number of amides is 1. The van der Waals surface area contributed by atoms with Crippen molar-refractivity contribution in [3.05, 3.63) is 28.4 Å². The molecule has 0 aromatic carbocycles. The molecule has 0 N–H and O–H groups in total. The summed E-state index contributed by atoms with van der Waals surface area (Å²) < 4.78 is 5.43. The Bertz CT molecular complexity index is 597. The summed E-state index contributed by atoms with van der Waals surface area (Å²) in [5.41, 5.74) is 0.314. The zero-order valence-corrected chi connectivity index (χ0v) is 14.6. The van der Waals surface area contributed by atoms with Crippen LogP contribution in [0.2, 0.25) is 0 Å². The molecule has 0 saturated carbocycles. The summed E-state index contributed by atoms with van der Waals surface area (Å²) in [6.07, 6.45) is 2.06. The topological polar surface area (TPSA) is 88.8 Å². The first kappa shape index (κ1) is 18.0. The minimum Gasteiger partial charge on any atom is -0.444 e. The van der Waals surface area contributed by atoms with Crippen LogP contribution in [0.1, 0.15) is 34.1 Å². The molecule has 1 aromatic heterocycles. The van der Waals surface area contributed by atoms with Crippen LogP contribution in [0.4, 0.5) is 16.3 Å². The van der Waals surface area contributed by atoms with E-state index >= 15 is 0 Å². The summed E-state index contributed by atoms with van der Waals surface area (Å²) in [6.45, 7) is 9.33. The fourth-order valence-electron chi connectivity index (χ4n) is 2.69.